The number of allylic oxidation sites excluding steroid dienone is 20. The number of aliphatic carboxylic acids is 1. The third kappa shape index (κ3) is 78.9. The monoisotopic (exact) mass is 1350 g/mol. The van der Waals surface area contributed by atoms with Crippen molar-refractivity contribution in [3.63, 3.8) is 0 Å². The normalized spacial score (nSPS) is 13.3. The Morgan fingerprint density at radius 1 is 0.320 bits per heavy atom. The predicted molar refractivity (Wildman–Crippen MR) is 419 cm³/mol. The van der Waals surface area contributed by atoms with Crippen LogP contribution in [0.3, 0.4) is 0 Å². The van der Waals surface area contributed by atoms with Crippen LogP contribution in [-0.4, -0.2) is 87.4 Å². The molecule has 0 aromatic carbocycles. The molecule has 0 aromatic rings. The first kappa shape index (κ1) is 92.7. The Morgan fingerprint density at radius 3 is 0.876 bits per heavy atom. The van der Waals surface area contributed by atoms with Crippen molar-refractivity contribution in [2.45, 2.75) is 373 Å². The molecule has 558 valence electrons. The molecule has 1 N–H and O–H groups in total. The lowest BCUT2D eigenvalue weighted by molar-refractivity contribution is -0.870. The number of quaternary nitrogens is 1. The lowest BCUT2D eigenvalue weighted by Crippen LogP contribution is -2.40. The second kappa shape index (κ2) is 77.4. The first-order chi connectivity index (χ1) is 47.6. The van der Waals surface area contributed by atoms with Crippen LogP contribution in [0.15, 0.2) is 122 Å². The Kier molecular flexibility index (Phi) is 74.0. The molecule has 0 rings (SSSR count). The highest BCUT2D eigenvalue weighted by Gasteiger charge is 2.25. The molecular formula is C88H154NO8+. The van der Waals surface area contributed by atoms with Crippen molar-refractivity contribution in [2.75, 3.05) is 47.5 Å². The molecule has 9 heteroatoms. The quantitative estimate of drug-likeness (QED) is 0.0211. The minimum absolute atomic E-state index is 0.178. The molecule has 0 heterocycles. The summed E-state index contributed by atoms with van der Waals surface area (Å²) in [5.41, 5.74) is 0. The average Bonchev–Trinajstić information content (AvgIpc) is 3.74. The third-order valence-corrected chi connectivity index (χ3v) is 17.7. The summed E-state index contributed by atoms with van der Waals surface area (Å²) in [7, 11) is 5.97. The number of carboxylic acids is 1. The SMILES string of the molecule is CC/C=C\C/C=C\C/C=C\C/C=C\C/C=C\C/C=C\C/C=C\C/C=C\C/C=C\C/C=C\CCCCCCC(=O)OC(COC(=O)CCCCCCCCCCCCCCCCCCCCCCCCCCCCCCCCCCCCCCC)COC(OCC[N+](C)(C)C)C(=O)O. The predicted octanol–water partition coefficient (Wildman–Crippen LogP) is 26.3. The lowest BCUT2D eigenvalue weighted by atomic mass is 10.0. The van der Waals surface area contributed by atoms with Gasteiger partial charge in [-0.05, 0) is 89.9 Å². The molecule has 9 nitrogen and oxygen atoms in total. The number of carbonyl (C=O) groups excluding carboxylic acids is 2. The number of nitrogens with zero attached hydrogens (tertiary/aromatic N) is 1. The molecule has 0 saturated carbocycles. The smallest absolute Gasteiger partial charge is 0.361 e. The van der Waals surface area contributed by atoms with E-state index in [1.165, 1.54) is 218 Å². The number of hydrogen-bond acceptors (Lipinski definition) is 7. The van der Waals surface area contributed by atoms with Crippen molar-refractivity contribution in [1.82, 2.24) is 0 Å². The zero-order valence-corrected chi connectivity index (χ0v) is 64.0. The second-order valence-corrected chi connectivity index (χ2v) is 28.4. The van der Waals surface area contributed by atoms with Crippen LogP contribution in [0.1, 0.15) is 361 Å². The lowest BCUT2D eigenvalue weighted by Gasteiger charge is -2.25. The van der Waals surface area contributed by atoms with Gasteiger partial charge in [0.25, 0.3) is 6.29 Å². The average molecular weight is 1350 g/mol. The molecule has 0 aromatic heterocycles. The number of carbonyl (C=O) groups is 3. The highest BCUT2D eigenvalue weighted by atomic mass is 16.7. The Morgan fingerprint density at radius 2 is 0.588 bits per heavy atom. The van der Waals surface area contributed by atoms with Crippen LogP contribution in [0, 0.1) is 0 Å². The van der Waals surface area contributed by atoms with Gasteiger partial charge >= 0.3 is 17.9 Å². The van der Waals surface area contributed by atoms with Gasteiger partial charge in [-0.15, -0.1) is 0 Å². The van der Waals surface area contributed by atoms with Crippen LogP contribution < -0.4 is 0 Å². The Labute approximate surface area is 599 Å². The van der Waals surface area contributed by atoms with Gasteiger partial charge in [0.05, 0.1) is 34.4 Å². The molecular weight excluding hydrogens is 1200 g/mol. The van der Waals surface area contributed by atoms with Crippen molar-refractivity contribution in [1.29, 1.82) is 0 Å². The zero-order valence-electron chi connectivity index (χ0n) is 64.0. The Balaban J connectivity index is 4.08. The number of esters is 2. The Bertz CT molecular complexity index is 2020. The van der Waals surface area contributed by atoms with E-state index < -0.39 is 24.3 Å². The van der Waals surface area contributed by atoms with Crippen LogP contribution in [0.4, 0.5) is 0 Å². The van der Waals surface area contributed by atoms with Crippen LogP contribution in [0.2, 0.25) is 0 Å². The minimum Gasteiger partial charge on any atom is -0.477 e. The summed E-state index contributed by atoms with van der Waals surface area (Å²) in [6, 6.07) is 0. The molecule has 2 atom stereocenters. The van der Waals surface area contributed by atoms with Crippen molar-refractivity contribution >= 4 is 17.9 Å². The van der Waals surface area contributed by atoms with E-state index in [0.717, 1.165) is 109 Å². The minimum atomic E-state index is -1.53. The van der Waals surface area contributed by atoms with Crippen LogP contribution in [-0.2, 0) is 33.3 Å². The zero-order chi connectivity index (χ0) is 70.4. The van der Waals surface area contributed by atoms with Gasteiger partial charge in [-0.1, -0.05) is 379 Å². The summed E-state index contributed by atoms with van der Waals surface area (Å²) >= 11 is 0. The standard InChI is InChI=1S/C88H153NO8/c1-6-8-10-12-14-16-18-20-22-24-26-28-30-32-34-36-38-40-42-43-45-46-48-50-52-54-56-58-60-62-64-66-68-70-72-74-76-78-85(90)95-82-84(83-96-88(87(92)93)94-81-80-89(3,4)5)97-86(91)79-77-75-73-71-69-67-65-63-61-59-57-55-53-51-49-47-44-41-39-37-35-33-31-29-27-25-23-21-19-17-15-13-11-9-7-2/h9,11,15,17,21,23,27,29,33,35,39,41,47,49,53,55,59,61,65,67,84,88H,6-8,10,12-14,16,18-20,22,24-26,28,30-32,34,36-38,40,42-46,48,50-52,54,56-58,60,62-64,66,68-83H2,1-5H3/p+1/b11-9-,17-15-,23-21-,29-27-,35-33-,41-39-,49-47-,55-53-,61-59-,67-65-. The van der Waals surface area contributed by atoms with Gasteiger partial charge in [0.2, 0.25) is 0 Å². The molecule has 0 bridgehead atoms. The third-order valence-electron chi connectivity index (χ3n) is 17.7. The molecule has 97 heavy (non-hydrogen) atoms. The van der Waals surface area contributed by atoms with E-state index in [4.69, 9.17) is 18.9 Å². The highest BCUT2D eigenvalue weighted by molar-refractivity contribution is 5.71. The van der Waals surface area contributed by atoms with E-state index in [0.29, 0.717) is 23.9 Å². The van der Waals surface area contributed by atoms with Crippen LogP contribution in [0.25, 0.3) is 0 Å². The van der Waals surface area contributed by atoms with Crippen LogP contribution >= 0.6 is 0 Å². The fraction of sp³-hybridized carbons (Fsp3) is 0.739. The molecule has 0 amide bonds. The summed E-state index contributed by atoms with van der Waals surface area (Å²) in [5.74, 6) is -2.03. The molecule has 0 radical (unpaired) electrons. The van der Waals surface area contributed by atoms with E-state index in [1.54, 1.807) is 0 Å². The summed E-state index contributed by atoms with van der Waals surface area (Å²) in [6.07, 6.45) is 108. The van der Waals surface area contributed by atoms with E-state index in [9.17, 15) is 19.5 Å². The summed E-state index contributed by atoms with van der Waals surface area (Å²) in [6.45, 7) is 4.77. The van der Waals surface area contributed by atoms with E-state index in [-0.39, 0.29) is 32.2 Å². The molecule has 0 saturated heterocycles. The van der Waals surface area contributed by atoms with Gasteiger partial charge in [-0.3, -0.25) is 9.59 Å². The van der Waals surface area contributed by atoms with Crippen LogP contribution in [0.5, 0.6) is 0 Å². The molecule has 2 unspecified atom stereocenters. The van der Waals surface area contributed by atoms with Gasteiger partial charge in [0.1, 0.15) is 13.2 Å². The van der Waals surface area contributed by atoms with Crippen molar-refractivity contribution in [3.05, 3.63) is 122 Å². The van der Waals surface area contributed by atoms with Gasteiger partial charge in [-0.2, -0.15) is 0 Å². The van der Waals surface area contributed by atoms with E-state index >= 15 is 0 Å². The number of likely N-dealkylation sites (N-methyl/N-ethyl adjacent to an activating group) is 1. The fourth-order valence-corrected chi connectivity index (χ4v) is 11.6. The van der Waals surface area contributed by atoms with Crippen molar-refractivity contribution in [2.24, 2.45) is 0 Å². The summed E-state index contributed by atoms with van der Waals surface area (Å²) < 4.78 is 23.0. The van der Waals surface area contributed by atoms with E-state index in [1.807, 2.05) is 21.1 Å². The molecule has 0 aliphatic rings. The maximum absolute atomic E-state index is 13.0. The van der Waals surface area contributed by atoms with Crippen molar-refractivity contribution in [3.8, 4) is 0 Å². The van der Waals surface area contributed by atoms with Gasteiger partial charge < -0.3 is 28.5 Å². The first-order valence-corrected chi connectivity index (χ1v) is 40.7. The van der Waals surface area contributed by atoms with Gasteiger partial charge in [0.15, 0.2) is 6.10 Å². The number of rotatable bonds is 75. The maximum Gasteiger partial charge on any atom is 0.361 e. The second-order valence-electron chi connectivity index (χ2n) is 28.4. The summed E-state index contributed by atoms with van der Waals surface area (Å²) in [4.78, 5) is 37.7. The number of ether oxygens (including phenoxy) is 4. The summed E-state index contributed by atoms with van der Waals surface area (Å²) in [5, 5.41) is 9.77. The fourth-order valence-electron chi connectivity index (χ4n) is 11.6. The number of hydrogen-bond donors (Lipinski definition) is 1. The largest absolute Gasteiger partial charge is 0.477 e. The Hall–Kier alpha value is -4.31. The van der Waals surface area contributed by atoms with Gasteiger partial charge in [-0.25, -0.2) is 4.79 Å². The first-order valence-electron chi connectivity index (χ1n) is 40.7. The number of unbranched alkanes of at least 4 members (excludes halogenated alkanes) is 40. The van der Waals surface area contributed by atoms with Gasteiger partial charge in [0, 0.05) is 12.8 Å². The molecule has 0 aliphatic heterocycles. The maximum atomic E-state index is 13.0. The molecule has 0 fully saturated rings. The van der Waals surface area contributed by atoms with E-state index in [2.05, 4.69) is 135 Å². The topological polar surface area (TPSA) is 108 Å². The molecule has 0 spiro atoms. The van der Waals surface area contributed by atoms with Crippen molar-refractivity contribution < 1.29 is 42.9 Å². The molecule has 0 aliphatic carbocycles. The number of carboxylic acid groups (broad SMARTS) is 1. The highest BCUT2D eigenvalue weighted by Crippen LogP contribution is 2.19.